The zero-order valence-corrected chi connectivity index (χ0v) is 17.6. The Morgan fingerprint density at radius 2 is 1.93 bits per heavy atom. The Morgan fingerprint density at radius 3 is 2.63 bits per heavy atom. The molecule has 0 saturated carbocycles. The lowest BCUT2D eigenvalue weighted by atomic mass is 10.2. The van der Waals surface area contributed by atoms with Crippen LogP contribution in [-0.2, 0) is 27.3 Å². The molecule has 2 N–H and O–H groups in total. The summed E-state index contributed by atoms with van der Waals surface area (Å²) in [6.45, 7) is 6.08. The maximum absolute atomic E-state index is 12.9. The third kappa shape index (κ3) is 6.13. The van der Waals surface area contributed by atoms with Gasteiger partial charge in [0.1, 0.15) is 5.69 Å². The van der Waals surface area contributed by atoms with Gasteiger partial charge >= 0.3 is 12.0 Å². The second kappa shape index (κ2) is 11.1. The lowest BCUT2D eigenvalue weighted by Crippen LogP contribution is -2.44. The number of aromatic nitrogens is 2. The van der Waals surface area contributed by atoms with Gasteiger partial charge < -0.3 is 14.6 Å². The fourth-order valence-electron chi connectivity index (χ4n) is 2.89. The summed E-state index contributed by atoms with van der Waals surface area (Å²) in [7, 11) is 0. The van der Waals surface area contributed by atoms with Crippen molar-refractivity contribution in [3.8, 4) is 0 Å². The van der Waals surface area contributed by atoms with E-state index in [9.17, 15) is 19.2 Å². The van der Waals surface area contributed by atoms with Crippen molar-refractivity contribution < 1.29 is 19.1 Å². The number of hydrogen-bond acceptors (Lipinski definition) is 6. The molecule has 0 bridgehead atoms. The number of unbranched alkanes of at least 4 members (excludes halogenated alkanes) is 1. The first kappa shape index (κ1) is 23.1. The zero-order chi connectivity index (χ0) is 22.1. The number of benzene rings is 1. The number of nitrogens with zero attached hydrogens (tertiary/aromatic N) is 2. The molecule has 1 heterocycles. The Morgan fingerprint density at radius 1 is 1.20 bits per heavy atom. The fraction of sp³-hybridized carbons (Fsp3) is 0.476. The molecular weight excluding hydrogens is 388 g/mol. The summed E-state index contributed by atoms with van der Waals surface area (Å²) in [6.07, 6.45) is 0.659. The number of aryl methyl sites for hydroxylation is 2. The minimum Gasteiger partial charge on any atom is -0.453 e. The van der Waals surface area contributed by atoms with E-state index in [1.165, 1.54) is 6.92 Å². The van der Waals surface area contributed by atoms with Gasteiger partial charge in [0.2, 0.25) is 0 Å². The number of imide groups is 1. The molecule has 0 fully saturated rings. The number of fused-ring (bicyclic) bond motifs is 1. The van der Waals surface area contributed by atoms with Crippen LogP contribution in [0, 0.1) is 0 Å². The third-order valence-corrected chi connectivity index (χ3v) is 4.47. The van der Waals surface area contributed by atoms with E-state index in [0.29, 0.717) is 18.6 Å². The van der Waals surface area contributed by atoms with Gasteiger partial charge in [0, 0.05) is 19.5 Å². The van der Waals surface area contributed by atoms with E-state index < -0.39 is 24.0 Å². The van der Waals surface area contributed by atoms with Crippen LogP contribution in [0.3, 0.4) is 0 Å². The van der Waals surface area contributed by atoms with Crippen molar-refractivity contribution in [3.05, 3.63) is 40.3 Å². The van der Waals surface area contributed by atoms with Gasteiger partial charge in [-0.2, -0.15) is 0 Å². The van der Waals surface area contributed by atoms with Crippen LogP contribution < -0.4 is 16.2 Å². The Labute approximate surface area is 174 Å². The normalized spacial score (nSPS) is 11.7. The Kier molecular flexibility index (Phi) is 8.52. The molecule has 1 unspecified atom stereocenters. The first-order valence-electron chi connectivity index (χ1n) is 10.1. The maximum atomic E-state index is 12.9. The summed E-state index contributed by atoms with van der Waals surface area (Å²) in [5, 5.41) is 4.50. The van der Waals surface area contributed by atoms with E-state index in [1.54, 1.807) is 11.5 Å². The summed E-state index contributed by atoms with van der Waals surface area (Å²) in [5.74, 6) is -1.37. The van der Waals surface area contributed by atoms with Gasteiger partial charge in [-0.1, -0.05) is 25.5 Å². The van der Waals surface area contributed by atoms with Gasteiger partial charge in [0.25, 0.3) is 11.5 Å². The van der Waals surface area contributed by atoms with Gasteiger partial charge in [-0.3, -0.25) is 19.7 Å². The van der Waals surface area contributed by atoms with Crippen LogP contribution in [0.5, 0.6) is 0 Å². The average molecular weight is 416 g/mol. The standard InChI is InChI=1S/C21H28N4O5/c1-4-6-13-25-17-10-8-7-9-15(17)23-16(20(25)28)11-12-18(26)30-14(3)19(27)24-21(29)22-5-2/h7-10,14H,4-6,11-13H2,1-3H3,(H2,22,24,27,29). The fourth-order valence-corrected chi connectivity index (χ4v) is 2.89. The van der Waals surface area contributed by atoms with Crippen LogP contribution in [0.25, 0.3) is 11.0 Å². The van der Waals surface area contributed by atoms with E-state index in [-0.39, 0.29) is 24.1 Å². The highest BCUT2D eigenvalue weighted by molar-refractivity contribution is 5.97. The molecule has 162 valence electrons. The Bertz CT molecular complexity index is 970. The largest absolute Gasteiger partial charge is 0.453 e. The second-order valence-electron chi connectivity index (χ2n) is 6.84. The summed E-state index contributed by atoms with van der Waals surface area (Å²) in [4.78, 5) is 52.7. The number of nitrogens with one attached hydrogen (secondary N) is 2. The minimum absolute atomic E-state index is 0.0965. The first-order chi connectivity index (χ1) is 14.4. The topological polar surface area (TPSA) is 119 Å². The summed E-state index contributed by atoms with van der Waals surface area (Å²) in [6, 6.07) is 6.73. The van der Waals surface area contributed by atoms with Crippen molar-refractivity contribution >= 4 is 28.9 Å². The highest BCUT2D eigenvalue weighted by Gasteiger charge is 2.20. The quantitative estimate of drug-likeness (QED) is 0.603. The van der Waals surface area contributed by atoms with Gasteiger partial charge in [-0.15, -0.1) is 0 Å². The van der Waals surface area contributed by atoms with Crippen LogP contribution in [0.2, 0.25) is 0 Å². The van der Waals surface area contributed by atoms with Gasteiger partial charge in [-0.25, -0.2) is 9.78 Å². The van der Waals surface area contributed by atoms with E-state index in [1.807, 2.05) is 24.3 Å². The average Bonchev–Trinajstić information content (AvgIpc) is 2.71. The van der Waals surface area contributed by atoms with Crippen molar-refractivity contribution in [2.75, 3.05) is 6.54 Å². The number of ether oxygens (including phenoxy) is 1. The number of carbonyl (C=O) groups is 3. The summed E-state index contributed by atoms with van der Waals surface area (Å²) in [5.41, 5.74) is 1.50. The van der Waals surface area contributed by atoms with E-state index in [0.717, 1.165) is 18.4 Å². The molecule has 1 aromatic carbocycles. The number of carbonyl (C=O) groups excluding carboxylic acids is 3. The Hall–Kier alpha value is -3.23. The molecule has 0 aliphatic carbocycles. The SMILES string of the molecule is CCCCn1c(=O)c(CCC(=O)OC(C)C(=O)NC(=O)NCC)nc2ccccc21. The van der Waals surface area contributed by atoms with Crippen molar-refractivity contribution in [2.24, 2.45) is 0 Å². The molecule has 0 aliphatic heterocycles. The smallest absolute Gasteiger partial charge is 0.321 e. The number of urea groups is 1. The highest BCUT2D eigenvalue weighted by Crippen LogP contribution is 2.12. The van der Waals surface area contributed by atoms with Crippen LogP contribution >= 0.6 is 0 Å². The van der Waals surface area contributed by atoms with Gasteiger partial charge in [-0.05, 0) is 32.4 Å². The Balaban J connectivity index is 2.05. The molecule has 9 nitrogen and oxygen atoms in total. The number of esters is 1. The third-order valence-electron chi connectivity index (χ3n) is 4.47. The summed E-state index contributed by atoms with van der Waals surface area (Å²) >= 11 is 0. The molecule has 2 aromatic rings. The molecule has 0 radical (unpaired) electrons. The predicted molar refractivity (Wildman–Crippen MR) is 112 cm³/mol. The number of hydrogen-bond donors (Lipinski definition) is 2. The van der Waals surface area contributed by atoms with Gasteiger partial charge in [0.15, 0.2) is 6.10 Å². The summed E-state index contributed by atoms with van der Waals surface area (Å²) < 4.78 is 6.76. The van der Waals surface area contributed by atoms with Crippen molar-refractivity contribution in [1.82, 2.24) is 20.2 Å². The molecule has 9 heteroatoms. The molecule has 1 aromatic heterocycles. The predicted octanol–water partition coefficient (Wildman–Crippen LogP) is 1.91. The molecule has 2 rings (SSSR count). The molecular formula is C21H28N4O5. The van der Waals surface area contributed by atoms with Crippen LogP contribution in [0.1, 0.15) is 45.7 Å². The first-order valence-corrected chi connectivity index (χ1v) is 10.1. The molecule has 1 atom stereocenters. The number of para-hydroxylation sites is 2. The van der Waals surface area contributed by atoms with E-state index in [2.05, 4.69) is 22.5 Å². The second-order valence-corrected chi connectivity index (χ2v) is 6.84. The molecule has 3 amide bonds. The van der Waals surface area contributed by atoms with Crippen LogP contribution in [0.4, 0.5) is 4.79 Å². The number of amides is 3. The molecule has 30 heavy (non-hydrogen) atoms. The monoisotopic (exact) mass is 416 g/mol. The zero-order valence-electron chi connectivity index (χ0n) is 17.6. The van der Waals surface area contributed by atoms with Crippen LogP contribution in [-0.4, -0.2) is 40.1 Å². The minimum atomic E-state index is -1.13. The molecule has 0 saturated heterocycles. The lowest BCUT2D eigenvalue weighted by molar-refractivity contribution is -0.154. The lowest BCUT2D eigenvalue weighted by Gasteiger charge is -2.14. The van der Waals surface area contributed by atoms with E-state index >= 15 is 0 Å². The molecule has 0 spiro atoms. The van der Waals surface area contributed by atoms with Crippen molar-refractivity contribution in [1.29, 1.82) is 0 Å². The maximum Gasteiger partial charge on any atom is 0.321 e. The van der Waals surface area contributed by atoms with E-state index in [4.69, 9.17) is 4.74 Å². The molecule has 0 aliphatic rings. The van der Waals surface area contributed by atoms with Crippen molar-refractivity contribution in [3.63, 3.8) is 0 Å². The van der Waals surface area contributed by atoms with Gasteiger partial charge in [0.05, 0.1) is 17.5 Å². The van der Waals surface area contributed by atoms with Crippen molar-refractivity contribution in [2.45, 2.75) is 59.1 Å². The van der Waals surface area contributed by atoms with Crippen LogP contribution in [0.15, 0.2) is 29.1 Å². The number of rotatable bonds is 9. The highest BCUT2D eigenvalue weighted by atomic mass is 16.5.